The first-order valence-electron chi connectivity index (χ1n) is 5.35. The molecule has 1 rings (SSSR count). The summed E-state index contributed by atoms with van der Waals surface area (Å²) in [5.74, 6) is -0.224. The Kier molecular flexibility index (Phi) is 4.52. The fourth-order valence-electron chi connectivity index (χ4n) is 1.40. The van der Waals surface area contributed by atoms with Gasteiger partial charge in [0.05, 0.1) is 0 Å². The van der Waals surface area contributed by atoms with Gasteiger partial charge in [0, 0.05) is 25.4 Å². The Hall–Kier alpha value is -1.79. The summed E-state index contributed by atoms with van der Waals surface area (Å²) in [5, 5.41) is 2.89. The van der Waals surface area contributed by atoms with Gasteiger partial charge in [-0.25, -0.2) is 4.98 Å². The molecule has 1 aromatic heterocycles. The topological polar surface area (TPSA) is 45.2 Å². The number of alkyl halides is 3. The summed E-state index contributed by atoms with van der Waals surface area (Å²) < 4.78 is 36.5. The van der Waals surface area contributed by atoms with Crippen LogP contribution in [0.4, 0.5) is 19.0 Å². The zero-order valence-electron chi connectivity index (χ0n) is 10.1. The van der Waals surface area contributed by atoms with Gasteiger partial charge in [0.15, 0.2) is 0 Å². The van der Waals surface area contributed by atoms with E-state index in [0.717, 1.165) is 7.05 Å². The molecule has 0 aliphatic carbocycles. The molecule has 0 bridgehead atoms. The van der Waals surface area contributed by atoms with E-state index in [1.54, 1.807) is 0 Å². The monoisotopic (exact) mass is 261 g/mol. The molecule has 0 aromatic carbocycles. The molecular formula is C11H14F3N3O. The largest absolute Gasteiger partial charge is 0.406 e. The smallest absolute Gasteiger partial charge is 0.370 e. The number of nitrogens with zero attached hydrogens (tertiary/aromatic N) is 2. The van der Waals surface area contributed by atoms with E-state index in [0.29, 0.717) is 17.3 Å². The molecule has 1 aromatic rings. The number of rotatable bonds is 4. The fourth-order valence-corrected chi connectivity index (χ4v) is 1.40. The van der Waals surface area contributed by atoms with Gasteiger partial charge in [0.1, 0.15) is 12.4 Å². The van der Waals surface area contributed by atoms with E-state index in [4.69, 9.17) is 0 Å². The number of carbonyl (C=O) groups is 1. The highest BCUT2D eigenvalue weighted by molar-refractivity contribution is 5.94. The van der Waals surface area contributed by atoms with Crippen molar-refractivity contribution in [1.29, 1.82) is 0 Å². The Morgan fingerprint density at radius 2 is 2.17 bits per heavy atom. The van der Waals surface area contributed by atoms with E-state index in [2.05, 4.69) is 10.3 Å². The van der Waals surface area contributed by atoms with Crippen LogP contribution in [0.5, 0.6) is 0 Å². The molecule has 1 amide bonds. The Morgan fingerprint density at radius 1 is 1.50 bits per heavy atom. The third-order valence-electron chi connectivity index (χ3n) is 2.13. The lowest BCUT2D eigenvalue weighted by atomic mass is 10.2. The van der Waals surface area contributed by atoms with Crippen molar-refractivity contribution in [3.63, 3.8) is 0 Å². The molecule has 0 fully saturated rings. The summed E-state index contributed by atoms with van der Waals surface area (Å²) >= 11 is 0. The number of nitrogens with one attached hydrogen (secondary N) is 1. The van der Waals surface area contributed by atoms with Gasteiger partial charge in [-0.05, 0) is 19.1 Å². The van der Waals surface area contributed by atoms with E-state index in [9.17, 15) is 18.0 Å². The molecule has 0 spiro atoms. The Balaban J connectivity index is 2.80. The first-order chi connectivity index (χ1) is 8.33. The molecule has 18 heavy (non-hydrogen) atoms. The summed E-state index contributed by atoms with van der Waals surface area (Å²) in [6.45, 7) is 1.19. The normalized spacial score (nSPS) is 11.2. The molecule has 1 heterocycles. The Labute approximate surface area is 103 Å². The highest BCUT2D eigenvalue weighted by Gasteiger charge is 2.31. The van der Waals surface area contributed by atoms with Gasteiger partial charge in [-0.2, -0.15) is 13.2 Å². The molecule has 0 atom stereocenters. The molecule has 0 aliphatic rings. The number of carbonyl (C=O) groups excluding carboxylic acids is 1. The van der Waals surface area contributed by atoms with Crippen molar-refractivity contribution < 1.29 is 18.0 Å². The third kappa shape index (κ3) is 4.23. The van der Waals surface area contributed by atoms with Gasteiger partial charge in [-0.1, -0.05) is 0 Å². The molecule has 0 aliphatic heterocycles. The molecule has 100 valence electrons. The van der Waals surface area contributed by atoms with Crippen LogP contribution in [0.2, 0.25) is 0 Å². The predicted octanol–water partition coefficient (Wildman–Crippen LogP) is 2.15. The third-order valence-corrected chi connectivity index (χ3v) is 2.13. The zero-order chi connectivity index (χ0) is 13.8. The van der Waals surface area contributed by atoms with E-state index < -0.39 is 18.6 Å². The van der Waals surface area contributed by atoms with Crippen molar-refractivity contribution in [2.24, 2.45) is 0 Å². The lowest BCUT2D eigenvalue weighted by Gasteiger charge is -2.19. The van der Waals surface area contributed by atoms with Crippen LogP contribution in [0.25, 0.3) is 0 Å². The molecule has 0 saturated carbocycles. The van der Waals surface area contributed by atoms with Gasteiger partial charge in [0.25, 0.3) is 5.91 Å². The van der Waals surface area contributed by atoms with Crippen LogP contribution in [0, 0.1) is 0 Å². The van der Waals surface area contributed by atoms with E-state index in [-0.39, 0.29) is 5.56 Å². The van der Waals surface area contributed by atoms with E-state index >= 15 is 0 Å². The van der Waals surface area contributed by atoms with Crippen molar-refractivity contribution in [3.05, 3.63) is 23.9 Å². The maximum absolute atomic E-state index is 12.2. The van der Waals surface area contributed by atoms with Gasteiger partial charge < -0.3 is 10.2 Å². The second kappa shape index (κ2) is 5.70. The highest BCUT2D eigenvalue weighted by atomic mass is 19.4. The van der Waals surface area contributed by atoms with Crippen molar-refractivity contribution >= 4 is 11.7 Å². The summed E-state index contributed by atoms with van der Waals surface area (Å²) in [6, 6.07) is 2.81. The molecule has 0 saturated heterocycles. The summed E-state index contributed by atoms with van der Waals surface area (Å²) in [6.07, 6.45) is -3.02. The van der Waals surface area contributed by atoms with Crippen molar-refractivity contribution in [1.82, 2.24) is 9.88 Å². The second-order valence-corrected chi connectivity index (χ2v) is 3.74. The lowest BCUT2D eigenvalue weighted by molar-refractivity contribution is -0.138. The van der Waals surface area contributed by atoms with E-state index in [1.807, 2.05) is 6.92 Å². The summed E-state index contributed by atoms with van der Waals surface area (Å²) in [5.41, 5.74) is 0.174. The standard InChI is InChI=1S/C11H14F3N3O/c1-3-15-9-6-8(4-5-16-9)10(18)17(2)7-11(12,13)14/h4-6H,3,7H2,1-2H3,(H,15,16). The molecule has 1 N–H and O–H groups in total. The average molecular weight is 261 g/mol. The molecule has 0 radical (unpaired) electrons. The van der Waals surface area contributed by atoms with Crippen LogP contribution < -0.4 is 5.32 Å². The van der Waals surface area contributed by atoms with Crippen LogP contribution >= 0.6 is 0 Å². The molecule has 0 unspecified atom stereocenters. The minimum atomic E-state index is -4.40. The van der Waals surface area contributed by atoms with Crippen LogP contribution in [-0.4, -0.2) is 42.1 Å². The van der Waals surface area contributed by atoms with Crippen molar-refractivity contribution in [2.75, 3.05) is 25.5 Å². The fraction of sp³-hybridized carbons (Fsp3) is 0.455. The number of amides is 1. The lowest BCUT2D eigenvalue weighted by Crippen LogP contribution is -2.35. The number of halogens is 3. The van der Waals surface area contributed by atoms with Crippen LogP contribution in [0.3, 0.4) is 0 Å². The number of hydrogen-bond acceptors (Lipinski definition) is 3. The van der Waals surface area contributed by atoms with E-state index in [1.165, 1.54) is 18.3 Å². The Bertz CT molecular complexity index is 420. The molecular weight excluding hydrogens is 247 g/mol. The quantitative estimate of drug-likeness (QED) is 0.903. The van der Waals surface area contributed by atoms with Crippen molar-refractivity contribution in [3.8, 4) is 0 Å². The summed E-state index contributed by atoms with van der Waals surface area (Å²) in [4.78, 5) is 16.3. The average Bonchev–Trinajstić information content (AvgIpc) is 2.26. The number of anilines is 1. The van der Waals surface area contributed by atoms with Gasteiger partial charge in [-0.15, -0.1) is 0 Å². The SMILES string of the molecule is CCNc1cc(C(=O)N(C)CC(F)(F)F)ccn1. The van der Waals surface area contributed by atoms with Gasteiger partial charge >= 0.3 is 6.18 Å². The molecule has 4 nitrogen and oxygen atoms in total. The number of hydrogen-bond donors (Lipinski definition) is 1. The maximum atomic E-state index is 12.2. The predicted molar refractivity (Wildman–Crippen MR) is 61.4 cm³/mol. The first-order valence-corrected chi connectivity index (χ1v) is 5.35. The van der Waals surface area contributed by atoms with Crippen LogP contribution in [0.15, 0.2) is 18.3 Å². The van der Waals surface area contributed by atoms with Crippen LogP contribution in [0.1, 0.15) is 17.3 Å². The minimum Gasteiger partial charge on any atom is -0.370 e. The number of pyridine rings is 1. The number of aromatic nitrogens is 1. The molecule has 7 heteroatoms. The Morgan fingerprint density at radius 3 is 2.72 bits per heavy atom. The van der Waals surface area contributed by atoms with Gasteiger partial charge in [-0.3, -0.25) is 4.79 Å². The zero-order valence-corrected chi connectivity index (χ0v) is 10.1. The summed E-state index contributed by atoms with van der Waals surface area (Å²) in [7, 11) is 1.11. The van der Waals surface area contributed by atoms with Crippen molar-refractivity contribution in [2.45, 2.75) is 13.1 Å². The van der Waals surface area contributed by atoms with Gasteiger partial charge in [0.2, 0.25) is 0 Å². The van der Waals surface area contributed by atoms with Crippen LogP contribution in [-0.2, 0) is 0 Å². The maximum Gasteiger partial charge on any atom is 0.406 e. The first kappa shape index (κ1) is 14.3. The minimum absolute atomic E-state index is 0.174. The second-order valence-electron chi connectivity index (χ2n) is 3.74. The highest BCUT2D eigenvalue weighted by Crippen LogP contribution is 2.17.